The van der Waals surface area contributed by atoms with Crippen LogP contribution in [0, 0.1) is 0 Å². The third kappa shape index (κ3) is 3.02. The summed E-state index contributed by atoms with van der Waals surface area (Å²) in [5, 5.41) is 0. The van der Waals surface area contributed by atoms with Gasteiger partial charge in [0.2, 0.25) is 0 Å². The lowest BCUT2D eigenvalue weighted by Crippen LogP contribution is -2.41. The molecule has 44 valence electrons. The summed E-state index contributed by atoms with van der Waals surface area (Å²) < 4.78 is 0. The van der Waals surface area contributed by atoms with Crippen molar-refractivity contribution >= 4 is 16.1 Å². The lowest BCUT2D eigenvalue weighted by atomic mass is 11.9. The van der Waals surface area contributed by atoms with Gasteiger partial charge in [0.1, 0.15) is 0 Å². The van der Waals surface area contributed by atoms with Gasteiger partial charge in [0.05, 0.1) is 8.31 Å². The van der Waals surface area contributed by atoms with Gasteiger partial charge < -0.3 is 4.80 Å². The van der Waals surface area contributed by atoms with Gasteiger partial charge in [-0.3, -0.25) is 0 Å². The summed E-state index contributed by atoms with van der Waals surface area (Å²) >= 11 is 0. The quantitative estimate of drug-likeness (QED) is 0.525. The van der Waals surface area contributed by atoms with Crippen LogP contribution in [0.5, 0.6) is 0 Å². The molecule has 0 aliphatic carbocycles. The van der Waals surface area contributed by atoms with E-state index < -0.39 is 16.1 Å². The Morgan fingerprint density at radius 1 is 1.29 bits per heavy atom. The third-order valence-electron chi connectivity index (χ3n) is 1.41. The molecule has 0 atom stereocenters. The van der Waals surface area contributed by atoms with Crippen LogP contribution in [0.25, 0.3) is 0 Å². The van der Waals surface area contributed by atoms with Crippen LogP contribution in [0.2, 0.25) is 26.2 Å². The van der Waals surface area contributed by atoms with Gasteiger partial charge in [-0.25, -0.2) is 0 Å². The molecule has 0 aromatic heterocycles. The van der Waals surface area contributed by atoms with Crippen LogP contribution in [0.4, 0.5) is 0 Å². The Bertz CT molecular complexity index is 55.2. The van der Waals surface area contributed by atoms with E-state index in [2.05, 4.69) is 13.1 Å². The molecule has 0 aliphatic rings. The fraction of sp³-hybridized carbons (Fsp3) is 1.00. The zero-order valence-corrected chi connectivity index (χ0v) is 7.68. The summed E-state index contributed by atoms with van der Waals surface area (Å²) in [7, 11) is -2.26. The van der Waals surface area contributed by atoms with E-state index in [9.17, 15) is 4.80 Å². The summed E-state index contributed by atoms with van der Waals surface area (Å²) in [6, 6.07) is 0. The maximum Gasteiger partial charge on any atom is 0.165 e. The summed E-state index contributed by atoms with van der Waals surface area (Å²) in [6.45, 7) is 8.44. The molecule has 3 heteroatoms. The van der Waals surface area contributed by atoms with E-state index in [0.29, 0.717) is 0 Å². The molecule has 0 amide bonds. The second kappa shape index (κ2) is 2.11. The summed E-state index contributed by atoms with van der Waals surface area (Å²) in [5.74, 6) is 0. The maximum atomic E-state index is 9.30. The molecular weight excluding hydrogens is 120 g/mol. The average Bonchev–Trinajstić information content (AvgIpc) is 1.31. The first-order chi connectivity index (χ1) is 2.94. The van der Waals surface area contributed by atoms with Crippen molar-refractivity contribution in [2.75, 3.05) is 0 Å². The van der Waals surface area contributed by atoms with Crippen LogP contribution in [0.15, 0.2) is 0 Å². The van der Waals surface area contributed by atoms with E-state index in [-0.39, 0.29) is 0 Å². The smallest absolute Gasteiger partial charge is 0.165 e. The van der Waals surface area contributed by atoms with Gasteiger partial charge >= 0.3 is 0 Å². The minimum atomic E-state index is -1.60. The normalized spacial score (nSPS) is 12.9. The Balaban J connectivity index is 3.54. The molecule has 0 spiro atoms. The van der Waals surface area contributed by atoms with Gasteiger partial charge in [0.15, 0.2) is 7.83 Å². The lowest BCUT2D eigenvalue weighted by molar-refractivity contribution is 0.574. The largest absolute Gasteiger partial charge is 0.435 e. The monoisotopic (exact) mass is 134 g/mol. The minimum Gasteiger partial charge on any atom is -0.435 e. The van der Waals surface area contributed by atoms with Crippen LogP contribution in [0.1, 0.15) is 0 Å². The molecule has 0 radical (unpaired) electrons. The third-order valence-corrected chi connectivity index (χ3v) is 12.7. The second-order valence-electron chi connectivity index (χ2n) is 2.81. The predicted molar refractivity (Wildman–Crippen MR) is 38.6 cm³/mol. The van der Waals surface area contributed by atoms with E-state index in [4.69, 9.17) is 0 Å². The maximum absolute atomic E-state index is 9.30. The zero-order valence-electron chi connectivity index (χ0n) is 5.52. The molecule has 0 saturated heterocycles. The molecule has 1 nitrogen and oxygen atoms in total. The molecule has 0 fully saturated rings. The Morgan fingerprint density at radius 2 is 1.43 bits per heavy atom. The van der Waals surface area contributed by atoms with E-state index in [1.807, 2.05) is 13.1 Å². The SMILES string of the molecule is C[SiH](C)[Si](C)(C)O. The first-order valence-electron chi connectivity index (χ1n) is 2.67. The molecule has 1 N–H and O–H groups in total. The van der Waals surface area contributed by atoms with Gasteiger partial charge in [-0.05, 0) is 13.1 Å². The Morgan fingerprint density at radius 3 is 1.43 bits per heavy atom. The molecule has 0 heterocycles. The zero-order chi connectivity index (χ0) is 6.08. The second-order valence-corrected chi connectivity index (χ2v) is 16.1. The fourth-order valence-corrected chi connectivity index (χ4v) is 0. The topological polar surface area (TPSA) is 20.2 Å². The molecule has 0 rings (SSSR count). The Kier molecular flexibility index (Phi) is 2.23. The number of hydrogen-bond acceptors (Lipinski definition) is 1. The summed E-state index contributed by atoms with van der Waals surface area (Å²) in [4.78, 5) is 9.30. The van der Waals surface area contributed by atoms with Gasteiger partial charge in [-0.15, -0.1) is 0 Å². The van der Waals surface area contributed by atoms with Crippen LogP contribution in [-0.2, 0) is 0 Å². The van der Waals surface area contributed by atoms with Gasteiger partial charge in [-0.2, -0.15) is 0 Å². The summed E-state index contributed by atoms with van der Waals surface area (Å²) in [6.07, 6.45) is 0. The van der Waals surface area contributed by atoms with E-state index in [1.165, 1.54) is 0 Å². The van der Waals surface area contributed by atoms with E-state index in [1.54, 1.807) is 0 Å². The molecule has 0 aliphatic heterocycles. The van der Waals surface area contributed by atoms with Crippen molar-refractivity contribution in [2.45, 2.75) is 26.2 Å². The molecule has 0 saturated carbocycles. The molecule has 0 aromatic carbocycles. The van der Waals surface area contributed by atoms with Crippen molar-refractivity contribution in [3.63, 3.8) is 0 Å². The molecule has 7 heavy (non-hydrogen) atoms. The first kappa shape index (κ1) is 7.39. The standard InChI is InChI=1S/C4H14OSi2/c1-6(2)7(3,4)5/h5-6H,1-4H3. The highest BCUT2D eigenvalue weighted by molar-refractivity contribution is 7.27. The molecule has 0 aromatic rings. The highest BCUT2D eigenvalue weighted by Gasteiger charge is 2.21. The van der Waals surface area contributed by atoms with E-state index >= 15 is 0 Å². The Labute approximate surface area is 47.9 Å². The molecular formula is C4H14OSi2. The fourth-order valence-electron chi connectivity index (χ4n) is 0. The van der Waals surface area contributed by atoms with Crippen molar-refractivity contribution in [1.82, 2.24) is 0 Å². The van der Waals surface area contributed by atoms with Crippen molar-refractivity contribution in [1.29, 1.82) is 0 Å². The van der Waals surface area contributed by atoms with Gasteiger partial charge in [-0.1, -0.05) is 13.1 Å². The van der Waals surface area contributed by atoms with Gasteiger partial charge in [0, 0.05) is 0 Å². The van der Waals surface area contributed by atoms with Crippen molar-refractivity contribution in [2.24, 2.45) is 0 Å². The average molecular weight is 134 g/mol. The Hall–Kier alpha value is 0.394. The number of hydrogen-bond donors (Lipinski definition) is 1. The number of rotatable bonds is 1. The highest BCUT2D eigenvalue weighted by atomic mass is 29.2. The van der Waals surface area contributed by atoms with Crippen molar-refractivity contribution in [3.8, 4) is 0 Å². The molecule has 0 unspecified atom stereocenters. The summed E-state index contributed by atoms with van der Waals surface area (Å²) in [5.41, 5.74) is 0. The van der Waals surface area contributed by atoms with Crippen molar-refractivity contribution in [3.05, 3.63) is 0 Å². The minimum absolute atomic E-state index is 0.664. The van der Waals surface area contributed by atoms with Crippen LogP contribution < -0.4 is 0 Å². The molecule has 0 bridgehead atoms. The lowest BCUT2D eigenvalue weighted by Gasteiger charge is -2.16. The first-order valence-corrected chi connectivity index (χ1v) is 9.73. The van der Waals surface area contributed by atoms with Crippen LogP contribution in [-0.4, -0.2) is 20.9 Å². The highest BCUT2D eigenvalue weighted by Crippen LogP contribution is 1.99. The predicted octanol–water partition coefficient (Wildman–Crippen LogP) is 0.749. The van der Waals surface area contributed by atoms with Crippen molar-refractivity contribution < 1.29 is 4.80 Å². The van der Waals surface area contributed by atoms with Crippen LogP contribution >= 0.6 is 0 Å². The van der Waals surface area contributed by atoms with Crippen LogP contribution in [0.3, 0.4) is 0 Å². The van der Waals surface area contributed by atoms with E-state index in [0.717, 1.165) is 0 Å². The van der Waals surface area contributed by atoms with Gasteiger partial charge in [0.25, 0.3) is 0 Å².